The van der Waals surface area contributed by atoms with Crippen LogP contribution in [0, 0.1) is 12.3 Å². The van der Waals surface area contributed by atoms with Crippen molar-refractivity contribution in [2.45, 2.75) is 11.4 Å². The molecule has 0 fully saturated rings. The lowest BCUT2D eigenvalue weighted by molar-refractivity contribution is 0.415. The molecule has 0 radical (unpaired) electrons. The van der Waals surface area contributed by atoms with Crippen molar-refractivity contribution in [1.82, 2.24) is 9.78 Å². The van der Waals surface area contributed by atoms with E-state index in [0.29, 0.717) is 12.2 Å². The molecular weight excluding hydrogens is 350 g/mol. The highest BCUT2D eigenvalue weighted by molar-refractivity contribution is 7.89. The number of hydrogen-bond donors (Lipinski definition) is 1. The van der Waals surface area contributed by atoms with Crippen LogP contribution in [0.5, 0.6) is 5.75 Å². The molecule has 0 amide bonds. The highest BCUT2D eigenvalue weighted by Gasteiger charge is 2.15. The van der Waals surface area contributed by atoms with Crippen LogP contribution in [-0.4, -0.2) is 25.3 Å². The molecule has 7 heteroatoms. The Labute approximate surface area is 152 Å². The number of primary sulfonamides is 1. The summed E-state index contributed by atoms with van der Waals surface area (Å²) in [7, 11) is -2.13. The molecule has 132 valence electrons. The Morgan fingerprint density at radius 3 is 2.27 bits per heavy atom. The van der Waals surface area contributed by atoms with Crippen molar-refractivity contribution in [3.05, 3.63) is 54.7 Å². The number of methoxy groups -OCH3 is 1. The number of terminal acetylenes is 1. The molecule has 26 heavy (non-hydrogen) atoms. The maximum absolute atomic E-state index is 11.4. The second-order valence-corrected chi connectivity index (χ2v) is 7.15. The van der Waals surface area contributed by atoms with E-state index in [1.165, 1.54) is 12.1 Å². The summed E-state index contributed by atoms with van der Waals surface area (Å²) in [4.78, 5) is 0.0512. The highest BCUT2D eigenvalue weighted by Crippen LogP contribution is 2.32. The Balaban J connectivity index is 2.09. The van der Waals surface area contributed by atoms with Gasteiger partial charge >= 0.3 is 0 Å². The maximum Gasteiger partial charge on any atom is 0.238 e. The van der Waals surface area contributed by atoms with E-state index < -0.39 is 10.0 Å². The van der Waals surface area contributed by atoms with Crippen LogP contribution in [0.4, 0.5) is 0 Å². The van der Waals surface area contributed by atoms with Gasteiger partial charge in [-0.05, 0) is 29.8 Å². The quantitative estimate of drug-likeness (QED) is 0.702. The van der Waals surface area contributed by atoms with Crippen molar-refractivity contribution >= 4 is 10.0 Å². The van der Waals surface area contributed by atoms with Gasteiger partial charge in [-0.3, -0.25) is 4.68 Å². The molecule has 1 heterocycles. The zero-order valence-electron chi connectivity index (χ0n) is 14.1. The van der Waals surface area contributed by atoms with Crippen LogP contribution in [0.3, 0.4) is 0 Å². The van der Waals surface area contributed by atoms with Gasteiger partial charge in [0.25, 0.3) is 0 Å². The van der Waals surface area contributed by atoms with E-state index in [0.717, 1.165) is 22.4 Å². The lowest BCUT2D eigenvalue weighted by Crippen LogP contribution is -2.11. The number of hydrogen-bond acceptors (Lipinski definition) is 4. The average Bonchev–Trinajstić information content (AvgIpc) is 3.05. The standard InChI is InChI=1S/C19H17N3O3S/c1-3-12-22-13-18(14-4-8-16(25-2)9-5-14)19(21-22)15-6-10-17(11-7-15)26(20,23)24/h1,4-11,13H,12H2,2H3,(H2,20,23,24). The third kappa shape index (κ3) is 3.61. The number of nitrogens with zero attached hydrogens (tertiary/aromatic N) is 2. The van der Waals surface area contributed by atoms with Crippen LogP contribution >= 0.6 is 0 Å². The minimum Gasteiger partial charge on any atom is -0.497 e. The summed E-state index contributed by atoms with van der Waals surface area (Å²) < 4.78 is 29.7. The first-order valence-electron chi connectivity index (χ1n) is 7.71. The molecule has 0 saturated heterocycles. The van der Waals surface area contributed by atoms with E-state index in [1.54, 1.807) is 23.9 Å². The first-order chi connectivity index (χ1) is 12.4. The average molecular weight is 367 g/mol. The second kappa shape index (κ2) is 7.04. The number of aromatic nitrogens is 2. The molecule has 6 nitrogen and oxygen atoms in total. The fourth-order valence-corrected chi connectivity index (χ4v) is 3.11. The van der Waals surface area contributed by atoms with Crippen molar-refractivity contribution in [1.29, 1.82) is 0 Å². The lowest BCUT2D eigenvalue weighted by atomic mass is 10.0. The van der Waals surface area contributed by atoms with E-state index in [-0.39, 0.29) is 4.90 Å². The molecule has 3 aromatic rings. The van der Waals surface area contributed by atoms with Gasteiger partial charge < -0.3 is 4.74 Å². The predicted molar refractivity (Wildman–Crippen MR) is 99.9 cm³/mol. The van der Waals surface area contributed by atoms with E-state index in [4.69, 9.17) is 16.3 Å². The van der Waals surface area contributed by atoms with Crippen molar-refractivity contribution in [2.24, 2.45) is 5.14 Å². The number of ether oxygens (including phenoxy) is 1. The normalized spacial score (nSPS) is 11.1. The van der Waals surface area contributed by atoms with E-state index in [9.17, 15) is 8.42 Å². The topological polar surface area (TPSA) is 87.2 Å². The number of rotatable bonds is 5. The summed E-state index contributed by atoms with van der Waals surface area (Å²) in [5, 5.41) is 9.70. The van der Waals surface area contributed by atoms with Gasteiger partial charge in [0, 0.05) is 17.3 Å². The fraction of sp³-hybridized carbons (Fsp3) is 0.105. The van der Waals surface area contributed by atoms with Gasteiger partial charge in [-0.1, -0.05) is 30.2 Å². The maximum atomic E-state index is 11.4. The van der Waals surface area contributed by atoms with Crippen molar-refractivity contribution in [3.8, 4) is 40.5 Å². The minimum atomic E-state index is -3.74. The van der Waals surface area contributed by atoms with Crippen LogP contribution in [-0.2, 0) is 16.6 Å². The number of sulfonamides is 1. The second-order valence-electron chi connectivity index (χ2n) is 5.59. The largest absolute Gasteiger partial charge is 0.497 e. The summed E-state index contributed by atoms with van der Waals surface area (Å²) in [6.07, 6.45) is 7.26. The minimum absolute atomic E-state index is 0.0512. The van der Waals surface area contributed by atoms with Crippen LogP contribution in [0.2, 0.25) is 0 Å². The van der Waals surface area contributed by atoms with Gasteiger partial charge in [0.15, 0.2) is 0 Å². The Bertz CT molecular complexity index is 1060. The van der Waals surface area contributed by atoms with E-state index in [1.807, 2.05) is 30.5 Å². The molecule has 0 atom stereocenters. The van der Waals surface area contributed by atoms with E-state index in [2.05, 4.69) is 11.0 Å². The highest BCUT2D eigenvalue weighted by atomic mass is 32.2. The molecular formula is C19H17N3O3S. The number of nitrogens with two attached hydrogens (primary N) is 1. The van der Waals surface area contributed by atoms with Crippen LogP contribution < -0.4 is 9.88 Å². The van der Waals surface area contributed by atoms with Gasteiger partial charge in [0.1, 0.15) is 18.0 Å². The molecule has 0 aliphatic rings. The van der Waals surface area contributed by atoms with Gasteiger partial charge in [0.05, 0.1) is 12.0 Å². The fourth-order valence-electron chi connectivity index (χ4n) is 2.59. The predicted octanol–water partition coefficient (Wildman–Crippen LogP) is 2.51. The zero-order valence-corrected chi connectivity index (χ0v) is 14.9. The molecule has 0 aliphatic carbocycles. The number of benzene rings is 2. The first-order valence-corrected chi connectivity index (χ1v) is 9.25. The van der Waals surface area contributed by atoms with Crippen molar-refractivity contribution in [2.75, 3.05) is 7.11 Å². The van der Waals surface area contributed by atoms with Gasteiger partial charge in [-0.15, -0.1) is 6.42 Å². The summed E-state index contributed by atoms with van der Waals surface area (Å²) in [6, 6.07) is 13.9. The van der Waals surface area contributed by atoms with Crippen LogP contribution in [0.25, 0.3) is 22.4 Å². The molecule has 0 aliphatic heterocycles. The van der Waals surface area contributed by atoms with E-state index >= 15 is 0 Å². The molecule has 1 aromatic heterocycles. The molecule has 2 N–H and O–H groups in total. The van der Waals surface area contributed by atoms with Crippen molar-refractivity contribution in [3.63, 3.8) is 0 Å². The Morgan fingerprint density at radius 1 is 1.12 bits per heavy atom. The summed E-state index contributed by atoms with van der Waals surface area (Å²) in [6.45, 7) is 0.332. The summed E-state index contributed by atoms with van der Waals surface area (Å²) in [5.74, 6) is 3.31. The molecule has 0 bridgehead atoms. The zero-order chi connectivity index (χ0) is 18.7. The van der Waals surface area contributed by atoms with Crippen molar-refractivity contribution < 1.29 is 13.2 Å². The molecule has 2 aromatic carbocycles. The first kappa shape index (κ1) is 17.7. The van der Waals surface area contributed by atoms with Crippen LogP contribution in [0.15, 0.2) is 59.6 Å². The van der Waals surface area contributed by atoms with Crippen LogP contribution in [0.1, 0.15) is 0 Å². The Morgan fingerprint density at radius 2 is 1.73 bits per heavy atom. The van der Waals surface area contributed by atoms with Gasteiger partial charge in [0.2, 0.25) is 10.0 Å². The molecule has 0 saturated carbocycles. The molecule has 3 rings (SSSR count). The Kier molecular flexibility index (Phi) is 4.80. The van der Waals surface area contributed by atoms with Gasteiger partial charge in [-0.2, -0.15) is 5.10 Å². The summed E-state index contributed by atoms with van der Waals surface area (Å²) >= 11 is 0. The summed E-state index contributed by atoms with van der Waals surface area (Å²) in [5.41, 5.74) is 3.29. The monoisotopic (exact) mass is 367 g/mol. The SMILES string of the molecule is C#CCn1cc(-c2ccc(OC)cc2)c(-c2ccc(S(N)(=O)=O)cc2)n1. The molecule has 0 unspecified atom stereocenters. The molecule has 0 spiro atoms. The smallest absolute Gasteiger partial charge is 0.238 e. The Hall–Kier alpha value is -3.08. The third-order valence-electron chi connectivity index (χ3n) is 3.87. The third-order valence-corrected chi connectivity index (χ3v) is 4.80. The lowest BCUT2D eigenvalue weighted by Gasteiger charge is -2.05. The van der Waals surface area contributed by atoms with Gasteiger partial charge in [-0.25, -0.2) is 13.6 Å².